The van der Waals surface area contributed by atoms with Crippen LogP contribution < -0.4 is 5.73 Å². The summed E-state index contributed by atoms with van der Waals surface area (Å²) in [6, 6.07) is 0. The van der Waals surface area contributed by atoms with E-state index in [4.69, 9.17) is 10.8 Å². The third kappa shape index (κ3) is 2.59. The van der Waals surface area contributed by atoms with Gasteiger partial charge in [0.15, 0.2) is 5.82 Å². The second-order valence-electron chi connectivity index (χ2n) is 2.60. The fraction of sp³-hybridized carbons (Fsp3) is 0.375. The minimum absolute atomic E-state index is 0.275. The van der Waals surface area contributed by atoms with Crippen LogP contribution in [0.5, 0.6) is 0 Å². The van der Waals surface area contributed by atoms with E-state index in [1.54, 1.807) is 6.92 Å². The average molecular weight is 213 g/mol. The predicted octanol–water partition coefficient (Wildman–Crippen LogP) is 1.01. The monoisotopic (exact) mass is 213 g/mol. The molecular weight excluding hydrogens is 202 g/mol. The van der Waals surface area contributed by atoms with Gasteiger partial charge in [0.25, 0.3) is 0 Å². The lowest BCUT2D eigenvalue weighted by atomic mass is 10.3. The minimum atomic E-state index is -0.859. The summed E-state index contributed by atoms with van der Waals surface area (Å²) in [6.45, 7) is 1.80. The predicted molar refractivity (Wildman–Crippen MR) is 54.0 cm³/mol. The number of hydrogen-bond donors (Lipinski definition) is 2. The minimum Gasteiger partial charge on any atom is -0.480 e. The molecule has 76 valence electrons. The molecule has 0 aromatic carbocycles. The van der Waals surface area contributed by atoms with E-state index in [0.29, 0.717) is 11.4 Å². The van der Waals surface area contributed by atoms with E-state index in [2.05, 4.69) is 9.97 Å². The van der Waals surface area contributed by atoms with Crippen LogP contribution >= 0.6 is 11.8 Å². The number of carbonyl (C=O) groups is 1. The highest BCUT2D eigenvalue weighted by Gasteiger charge is 2.18. The van der Waals surface area contributed by atoms with E-state index in [-0.39, 0.29) is 5.82 Å². The van der Waals surface area contributed by atoms with Crippen LogP contribution in [0.3, 0.4) is 0 Å². The first-order valence-corrected chi connectivity index (χ1v) is 4.99. The molecule has 5 nitrogen and oxygen atoms in total. The van der Waals surface area contributed by atoms with Crippen LogP contribution in [0, 0.1) is 0 Å². The van der Waals surface area contributed by atoms with Crippen LogP contribution in [0.15, 0.2) is 17.4 Å². The zero-order valence-electron chi connectivity index (χ0n) is 7.67. The van der Waals surface area contributed by atoms with Crippen molar-refractivity contribution in [3.05, 3.63) is 12.4 Å². The number of nitrogens with zero attached hydrogens (tertiary/aromatic N) is 2. The Labute approximate surface area is 85.7 Å². The molecule has 1 aromatic rings. The maximum atomic E-state index is 10.7. The summed E-state index contributed by atoms with van der Waals surface area (Å²) >= 11 is 1.13. The van der Waals surface area contributed by atoms with Crippen molar-refractivity contribution in [3.63, 3.8) is 0 Å². The van der Waals surface area contributed by atoms with Gasteiger partial charge in [-0.1, -0.05) is 18.7 Å². The Morgan fingerprint density at radius 3 is 2.79 bits per heavy atom. The summed E-state index contributed by atoms with van der Waals surface area (Å²) < 4.78 is 0. The fourth-order valence-corrected chi connectivity index (χ4v) is 1.70. The van der Waals surface area contributed by atoms with Crippen molar-refractivity contribution in [1.82, 2.24) is 9.97 Å². The van der Waals surface area contributed by atoms with Gasteiger partial charge < -0.3 is 10.8 Å². The van der Waals surface area contributed by atoms with Crippen molar-refractivity contribution in [2.75, 3.05) is 5.73 Å². The SMILES string of the molecule is CCC(Sc1nccnc1N)C(=O)O. The molecule has 0 radical (unpaired) electrons. The molecule has 1 unspecified atom stereocenters. The van der Waals surface area contributed by atoms with Crippen molar-refractivity contribution in [2.45, 2.75) is 23.6 Å². The van der Waals surface area contributed by atoms with Crippen molar-refractivity contribution >= 4 is 23.5 Å². The third-order valence-corrected chi connectivity index (χ3v) is 2.95. The van der Waals surface area contributed by atoms with Crippen LogP contribution in [0.25, 0.3) is 0 Å². The van der Waals surface area contributed by atoms with E-state index in [1.807, 2.05) is 0 Å². The van der Waals surface area contributed by atoms with E-state index < -0.39 is 11.2 Å². The summed E-state index contributed by atoms with van der Waals surface area (Å²) in [7, 11) is 0. The largest absolute Gasteiger partial charge is 0.480 e. The van der Waals surface area contributed by atoms with Gasteiger partial charge in [0.1, 0.15) is 10.3 Å². The average Bonchev–Trinajstić information content (AvgIpc) is 2.16. The number of aromatic nitrogens is 2. The van der Waals surface area contributed by atoms with Gasteiger partial charge in [-0.3, -0.25) is 4.79 Å². The lowest BCUT2D eigenvalue weighted by molar-refractivity contribution is -0.136. The number of nitrogen functional groups attached to an aromatic ring is 1. The molecule has 0 aliphatic heterocycles. The molecule has 0 bridgehead atoms. The number of carboxylic acids is 1. The normalized spacial score (nSPS) is 12.4. The van der Waals surface area contributed by atoms with Crippen molar-refractivity contribution in [1.29, 1.82) is 0 Å². The van der Waals surface area contributed by atoms with Gasteiger partial charge in [-0.25, -0.2) is 9.97 Å². The summed E-state index contributed by atoms with van der Waals surface area (Å²) in [6.07, 6.45) is 3.49. The Kier molecular flexibility index (Phi) is 3.70. The fourth-order valence-electron chi connectivity index (χ4n) is 0.870. The van der Waals surface area contributed by atoms with Crippen molar-refractivity contribution in [2.24, 2.45) is 0 Å². The molecule has 0 spiro atoms. The molecule has 0 saturated carbocycles. The van der Waals surface area contributed by atoms with Crippen molar-refractivity contribution in [3.8, 4) is 0 Å². The molecule has 0 saturated heterocycles. The Morgan fingerprint density at radius 2 is 2.29 bits per heavy atom. The van der Waals surface area contributed by atoms with Gasteiger partial charge in [-0.15, -0.1) is 0 Å². The van der Waals surface area contributed by atoms with Gasteiger partial charge in [0, 0.05) is 12.4 Å². The Hall–Kier alpha value is -1.30. The van der Waals surface area contributed by atoms with E-state index in [1.165, 1.54) is 12.4 Å². The topological polar surface area (TPSA) is 89.1 Å². The molecule has 14 heavy (non-hydrogen) atoms. The number of anilines is 1. The highest BCUT2D eigenvalue weighted by Crippen LogP contribution is 2.26. The quantitative estimate of drug-likeness (QED) is 0.726. The lowest BCUT2D eigenvalue weighted by Crippen LogP contribution is -2.15. The molecular formula is C8H11N3O2S. The first kappa shape index (κ1) is 10.8. The summed E-state index contributed by atoms with van der Waals surface area (Å²) in [5, 5.41) is 8.77. The van der Waals surface area contributed by atoms with Gasteiger partial charge in [-0.05, 0) is 6.42 Å². The molecule has 3 N–H and O–H groups in total. The lowest BCUT2D eigenvalue weighted by Gasteiger charge is -2.08. The van der Waals surface area contributed by atoms with Crippen LogP contribution in [-0.2, 0) is 4.79 Å². The second kappa shape index (κ2) is 4.80. The van der Waals surface area contributed by atoms with Crippen LogP contribution in [0.4, 0.5) is 5.82 Å². The molecule has 0 aliphatic rings. The summed E-state index contributed by atoms with van der Waals surface area (Å²) in [5.41, 5.74) is 5.54. The van der Waals surface area contributed by atoms with E-state index in [0.717, 1.165) is 11.8 Å². The van der Waals surface area contributed by atoms with Crippen LogP contribution in [0.1, 0.15) is 13.3 Å². The smallest absolute Gasteiger partial charge is 0.317 e. The van der Waals surface area contributed by atoms with Crippen molar-refractivity contribution < 1.29 is 9.90 Å². The molecule has 6 heteroatoms. The Balaban J connectivity index is 2.77. The third-order valence-electron chi connectivity index (χ3n) is 1.59. The Bertz CT molecular complexity index is 332. The molecule has 1 rings (SSSR count). The highest BCUT2D eigenvalue weighted by atomic mass is 32.2. The molecule has 0 aliphatic carbocycles. The number of aliphatic carboxylic acids is 1. The standard InChI is InChI=1S/C8H11N3O2S/c1-2-5(8(12)13)14-7-6(9)10-3-4-11-7/h3-5H,2H2,1H3,(H2,9,10)(H,12,13). The first-order valence-electron chi connectivity index (χ1n) is 4.11. The highest BCUT2D eigenvalue weighted by molar-refractivity contribution is 8.00. The number of hydrogen-bond acceptors (Lipinski definition) is 5. The zero-order valence-corrected chi connectivity index (χ0v) is 8.49. The first-order chi connectivity index (χ1) is 6.65. The van der Waals surface area contributed by atoms with Gasteiger partial charge in [0.2, 0.25) is 0 Å². The number of rotatable bonds is 4. The molecule has 1 heterocycles. The van der Waals surface area contributed by atoms with Gasteiger partial charge in [-0.2, -0.15) is 0 Å². The number of thioether (sulfide) groups is 1. The molecule has 1 atom stereocenters. The maximum Gasteiger partial charge on any atom is 0.317 e. The van der Waals surface area contributed by atoms with Crippen LogP contribution in [-0.4, -0.2) is 26.3 Å². The molecule has 1 aromatic heterocycles. The second-order valence-corrected chi connectivity index (χ2v) is 3.79. The van der Waals surface area contributed by atoms with E-state index in [9.17, 15) is 4.79 Å². The Morgan fingerprint density at radius 1 is 1.64 bits per heavy atom. The number of nitrogens with two attached hydrogens (primary N) is 1. The maximum absolute atomic E-state index is 10.7. The van der Waals surface area contributed by atoms with Gasteiger partial charge in [0.05, 0.1) is 0 Å². The van der Waals surface area contributed by atoms with Crippen LogP contribution in [0.2, 0.25) is 0 Å². The summed E-state index contributed by atoms with van der Waals surface area (Å²) in [5.74, 6) is -0.584. The molecule has 0 amide bonds. The zero-order chi connectivity index (χ0) is 10.6. The number of carboxylic acid groups (broad SMARTS) is 1. The molecule has 0 fully saturated rings. The van der Waals surface area contributed by atoms with E-state index >= 15 is 0 Å². The van der Waals surface area contributed by atoms with Gasteiger partial charge >= 0.3 is 5.97 Å². The summed E-state index contributed by atoms with van der Waals surface area (Å²) in [4.78, 5) is 18.5.